The van der Waals surface area contributed by atoms with Crippen LogP contribution in [-0.4, -0.2) is 29.6 Å². The van der Waals surface area contributed by atoms with Gasteiger partial charge < -0.3 is 15.2 Å². The summed E-state index contributed by atoms with van der Waals surface area (Å²) in [5.41, 5.74) is 0. The van der Waals surface area contributed by atoms with Crippen LogP contribution in [0.15, 0.2) is 30.4 Å². The zero-order valence-corrected chi connectivity index (χ0v) is 11.6. The molecule has 1 aliphatic rings. The van der Waals surface area contributed by atoms with Crippen LogP contribution in [-0.2, 0) is 9.59 Å². The molecule has 0 saturated carbocycles. The van der Waals surface area contributed by atoms with E-state index in [1.807, 2.05) is 0 Å². The van der Waals surface area contributed by atoms with Crippen molar-refractivity contribution in [2.24, 2.45) is 5.92 Å². The number of carbonyl (C=O) groups is 2. The van der Waals surface area contributed by atoms with Crippen LogP contribution in [0.1, 0.15) is 6.42 Å². The molecule has 0 fully saturated rings. The van der Waals surface area contributed by atoms with Crippen molar-refractivity contribution in [2.75, 3.05) is 6.61 Å². The van der Waals surface area contributed by atoms with Gasteiger partial charge in [-0.2, -0.15) is 0 Å². The number of halogens is 2. The number of carboxylic acid groups (broad SMARTS) is 1. The quantitative estimate of drug-likeness (QED) is 0.815. The van der Waals surface area contributed by atoms with Gasteiger partial charge in [0.05, 0.1) is 10.9 Å². The summed E-state index contributed by atoms with van der Waals surface area (Å²) in [5, 5.41) is 11.5. The Labute approximate surface area is 125 Å². The number of nitrogens with one attached hydrogen (secondary N) is 1. The maximum Gasteiger partial charge on any atom is 0.310 e. The minimum Gasteiger partial charge on any atom is -0.482 e. The van der Waals surface area contributed by atoms with Gasteiger partial charge in [0.15, 0.2) is 6.61 Å². The van der Waals surface area contributed by atoms with E-state index in [9.17, 15) is 14.0 Å². The van der Waals surface area contributed by atoms with Gasteiger partial charge >= 0.3 is 5.97 Å². The normalized spacial score (nSPS) is 20.3. The molecule has 21 heavy (non-hydrogen) atoms. The highest BCUT2D eigenvalue weighted by atomic mass is 35.5. The van der Waals surface area contributed by atoms with E-state index in [-0.39, 0.29) is 23.4 Å². The lowest BCUT2D eigenvalue weighted by Gasteiger charge is -2.13. The van der Waals surface area contributed by atoms with Gasteiger partial charge in [0.2, 0.25) is 0 Å². The fourth-order valence-electron chi connectivity index (χ4n) is 1.97. The minimum atomic E-state index is -0.919. The molecule has 2 rings (SSSR count). The number of hydrogen-bond donors (Lipinski definition) is 2. The van der Waals surface area contributed by atoms with Gasteiger partial charge in [-0.15, -0.1) is 0 Å². The van der Waals surface area contributed by atoms with Crippen molar-refractivity contribution >= 4 is 23.5 Å². The van der Waals surface area contributed by atoms with E-state index in [0.29, 0.717) is 6.42 Å². The summed E-state index contributed by atoms with van der Waals surface area (Å²) < 4.78 is 18.0. The van der Waals surface area contributed by atoms with Gasteiger partial charge in [-0.3, -0.25) is 9.59 Å². The van der Waals surface area contributed by atoms with Gasteiger partial charge in [-0.25, -0.2) is 4.39 Å². The fourth-order valence-corrected chi connectivity index (χ4v) is 2.19. The zero-order chi connectivity index (χ0) is 15.4. The van der Waals surface area contributed by atoms with E-state index in [1.54, 1.807) is 12.2 Å². The Morgan fingerprint density at radius 2 is 2.19 bits per heavy atom. The van der Waals surface area contributed by atoms with Crippen molar-refractivity contribution < 1.29 is 23.8 Å². The van der Waals surface area contributed by atoms with Gasteiger partial charge in [-0.1, -0.05) is 23.8 Å². The Balaban J connectivity index is 1.81. The Kier molecular flexibility index (Phi) is 4.80. The maximum absolute atomic E-state index is 12.8. The second-order valence-electron chi connectivity index (χ2n) is 4.60. The summed E-state index contributed by atoms with van der Waals surface area (Å²) in [7, 11) is 0. The molecule has 112 valence electrons. The summed E-state index contributed by atoms with van der Waals surface area (Å²) in [4.78, 5) is 22.5. The van der Waals surface area contributed by atoms with Crippen LogP contribution in [0, 0.1) is 11.7 Å². The molecule has 0 aromatic heterocycles. The lowest BCUT2D eigenvalue weighted by molar-refractivity contribution is -0.140. The van der Waals surface area contributed by atoms with E-state index >= 15 is 0 Å². The number of carbonyl (C=O) groups excluding carboxylic acids is 1. The first-order valence-corrected chi connectivity index (χ1v) is 6.62. The number of aliphatic carboxylic acids is 1. The van der Waals surface area contributed by atoms with Crippen LogP contribution >= 0.6 is 11.6 Å². The third-order valence-electron chi connectivity index (χ3n) is 3.00. The molecule has 1 aliphatic carbocycles. The molecule has 2 atom stereocenters. The second kappa shape index (κ2) is 6.58. The van der Waals surface area contributed by atoms with Crippen molar-refractivity contribution in [3.8, 4) is 5.75 Å². The molecule has 1 aromatic rings. The van der Waals surface area contributed by atoms with Crippen LogP contribution in [0.3, 0.4) is 0 Å². The molecule has 0 spiro atoms. The number of hydrogen-bond acceptors (Lipinski definition) is 3. The molecular weight excluding hydrogens is 301 g/mol. The molecule has 7 heteroatoms. The molecule has 0 aliphatic heterocycles. The van der Waals surface area contributed by atoms with E-state index in [4.69, 9.17) is 21.4 Å². The standard InChI is InChI=1S/C14H13ClFNO4/c15-11-6-9(16)2-4-12(11)21-7-13(18)17-10-3-1-8(5-10)14(19)20/h1-4,6,8,10H,5,7H2,(H,17,18)(H,19,20). The van der Waals surface area contributed by atoms with Crippen molar-refractivity contribution in [1.29, 1.82) is 0 Å². The van der Waals surface area contributed by atoms with Gasteiger partial charge in [0.1, 0.15) is 11.6 Å². The predicted molar refractivity (Wildman–Crippen MR) is 73.7 cm³/mol. The molecular formula is C14H13ClFNO4. The summed E-state index contributed by atoms with van der Waals surface area (Å²) in [6.07, 6.45) is 3.50. The SMILES string of the molecule is O=C(COc1ccc(F)cc1Cl)NC1C=CC(C(=O)O)C1. The highest BCUT2D eigenvalue weighted by Gasteiger charge is 2.25. The number of benzene rings is 1. The first-order valence-electron chi connectivity index (χ1n) is 6.24. The van der Waals surface area contributed by atoms with Crippen LogP contribution in [0.5, 0.6) is 5.75 Å². The summed E-state index contributed by atoms with van der Waals surface area (Å²) in [6, 6.07) is 3.27. The highest BCUT2D eigenvalue weighted by Crippen LogP contribution is 2.24. The zero-order valence-electron chi connectivity index (χ0n) is 10.9. The third kappa shape index (κ3) is 4.19. The Bertz CT molecular complexity index is 590. The molecule has 0 radical (unpaired) electrons. The average Bonchev–Trinajstić information content (AvgIpc) is 2.86. The summed E-state index contributed by atoms with van der Waals surface area (Å²) >= 11 is 5.76. The molecule has 0 heterocycles. The third-order valence-corrected chi connectivity index (χ3v) is 3.30. The monoisotopic (exact) mass is 313 g/mol. The van der Waals surface area contributed by atoms with Gasteiger partial charge in [-0.05, 0) is 24.6 Å². The molecule has 0 bridgehead atoms. The molecule has 2 unspecified atom stereocenters. The van der Waals surface area contributed by atoms with Crippen LogP contribution in [0.4, 0.5) is 4.39 Å². The second-order valence-corrected chi connectivity index (χ2v) is 5.01. The molecule has 1 amide bonds. The molecule has 2 N–H and O–H groups in total. The number of ether oxygens (including phenoxy) is 1. The Morgan fingerprint density at radius 1 is 1.43 bits per heavy atom. The minimum absolute atomic E-state index is 0.0782. The molecule has 0 saturated heterocycles. The number of rotatable bonds is 5. The lowest BCUT2D eigenvalue weighted by atomic mass is 10.1. The molecule has 1 aromatic carbocycles. The number of carboxylic acids is 1. The van der Waals surface area contributed by atoms with Crippen LogP contribution in [0.2, 0.25) is 5.02 Å². The van der Waals surface area contributed by atoms with Crippen LogP contribution in [0.25, 0.3) is 0 Å². The Morgan fingerprint density at radius 3 is 2.81 bits per heavy atom. The van der Waals surface area contributed by atoms with Crippen LogP contribution < -0.4 is 10.1 Å². The fraction of sp³-hybridized carbons (Fsp3) is 0.286. The lowest BCUT2D eigenvalue weighted by Crippen LogP contribution is -2.36. The van der Waals surface area contributed by atoms with E-state index in [0.717, 1.165) is 6.07 Å². The largest absolute Gasteiger partial charge is 0.482 e. The first-order chi connectivity index (χ1) is 9.95. The highest BCUT2D eigenvalue weighted by molar-refractivity contribution is 6.32. The van der Waals surface area contributed by atoms with E-state index in [1.165, 1.54) is 12.1 Å². The first kappa shape index (κ1) is 15.3. The Hall–Kier alpha value is -2.08. The predicted octanol–water partition coefficient (Wildman–Crippen LogP) is 2.00. The van der Waals surface area contributed by atoms with E-state index < -0.39 is 23.6 Å². The topological polar surface area (TPSA) is 75.6 Å². The van der Waals surface area contributed by atoms with Crippen molar-refractivity contribution in [1.82, 2.24) is 5.32 Å². The smallest absolute Gasteiger partial charge is 0.310 e. The van der Waals surface area contributed by atoms with E-state index in [2.05, 4.69) is 5.32 Å². The average molecular weight is 314 g/mol. The number of amides is 1. The summed E-state index contributed by atoms with van der Waals surface area (Å²) in [5.74, 6) is -2.19. The molecule has 5 nitrogen and oxygen atoms in total. The van der Waals surface area contributed by atoms with Gasteiger partial charge in [0, 0.05) is 6.04 Å². The summed E-state index contributed by atoms with van der Waals surface area (Å²) in [6.45, 7) is -0.284. The van der Waals surface area contributed by atoms with Crippen molar-refractivity contribution in [2.45, 2.75) is 12.5 Å². The van der Waals surface area contributed by atoms with Crippen molar-refractivity contribution in [3.05, 3.63) is 41.2 Å². The maximum atomic E-state index is 12.8. The van der Waals surface area contributed by atoms with Gasteiger partial charge in [0.25, 0.3) is 5.91 Å². The van der Waals surface area contributed by atoms with Crippen molar-refractivity contribution in [3.63, 3.8) is 0 Å².